The van der Waals surface area contributed by atoms with Crippen molar-refractivity contribution < 1.29 is 9.59 Å². The lowest BCUT2D eigenvalue weighted by Crippen LogP contribution is -2.68. The van der Waals surface area contributed by atoms with Crippen molar-refractivity contribution in [3.05, 3.63) is 0 Å². The van der Waals surface area contributed by atoms with Crippen LogP contribution in [0.1, 0.15) is 26.7 Å². The molecule has 1 aliphatic carbocycles. The van der Waals surface area contributed by atoms with Crippen molar-refractivity contribution in [2.75, 3.05) is 18.6 Å². The van der Waals surface area contributed by atoms with E-state index >= 15 is 0 Å². The third kappa shape index (κ3) is 2.44. The predicted octanol–water partition coefficient (Wildman–Crippen LogP) is 0.865. The maximum absolute atomic E-state index is 12.3. The topological polar surface area (TPSA) is 49.4 Å². The van der Waals surface area contributed by atoms with Crippen LogP contribution in [0.15, 0.2) is 0 Å². The van der Waals surface area contributed by atoms with Gasteiger partial charge in [0.05, 0.1) is 0 Å². The van der Waals surface area contributed by atoms with E-state index in [0.29, 0.717) is 12.5 Å². The molecule has 2 fully saturated rings. The zero-order valence-corrected chi connectivity index (χ0v) is 11.5. The fourth-order valence-electron chi connectivity index (χ4n) is 2.37. The predicted molar refractivity (Wildman–Crippen MR) is 68.8 cm³/mol. The normalized spacial score (nSPS) is 28.2. The first-order valence-corrected chi connectivity index (χ1v) is 7.49. The number of carbonyl (C=O) groups is 2. The molecule has 1 heterocycles. The van der Waals surface area contributed by atoms with Gasteiger partial charge in [-0.15, -0.1) is 0 Å². The highest BCUT2D eigenvalue weighted by atomic mass is 32.2. The molecule has 0 radical (unpaired) electrons. The first-order valence-electron chi connectivity index (χ1n) is 6.09. The van der Waals surface area contributed by atoms with Crippen LogP contribution in [0.25, 0.3) is 0 Å². The van der Waals surface area contributed by atoms with Crippen LogP contribution in [0.5, 0.6) is 0 Å². The highest BCUT2D eigenvalue weighted by molar-refractivity contribution is 7.98. The van der Waals surface area contributed by atoms with E-state index in [0.717, 1.165) is 18.6 Å². The van der Waals surface area contributed by atoms with Crippen LogP contribution in [-0.2, 0) is 9.59 Å². The standard InChI is InChI=1S/C12H20N2O2S/c1-12(2)11(16)14(6-7-17-3)9(8-4-5-8)10(15)13-12/h8-9H,4-7H2,1-3H3,(H,13,15). The van der Waals surface area contributed by atoms with E-state index in [4.69, 9.17) is 0 Å². The molecule has 1 atom stereocenters. The molecule has 5 heteroatoms. The Kier molecular flexibility index (Phi) is 3.39. The number of piperazine rings is 1. The van der Waals surface area contributed by atoms with Crippen LogP contribution in [0.4, 0.5) is 0 Å². The molecule has 1 aliphatic heterocycles. The average molecular weight is 256 g/mol. The van der Waals surface area contributed by atoms with Crippen molar-refractivity contribution in [3.8, 4) is 0 Å². The summed E-state index contributed by atoms with van der Waals surface area (Å²) in [5.74, 6) is 1.36. The summed E-state index contributed by atoms with van der Waals surface area (Å²) in [5.41, 5.74) is -0.749. The molecule has 4 nitrogen and oxygen atoms in total. The molecule has 0 spiro atoms. The van der Waals surface area contributed by atoms with Crippen LogP contribution in [0.3, 0.4) is 0 Å². The molecule has 0 bridgehead atoms. The van der Waals surface area contributed by atoms with E-state index in [-0.39, 0.29) is 17.9 Å². The molecule has 1 unspecified atom stereocenters. The number of hydrogen-bond donors (Lipinski definition) is 1. The molecule has 0 aromatic heterocycles. The molecule has 1 N–H and O–H groups in total. The molecule has 1 saturated carbocycles. The summed E-state index contributed by atoms with van der Waals surface area (Å²) in [5, 5.41) is 2.85. The van der Waals surface area contributed by atoms with E-state index in [1.54, 1.807) is 30.5 Å². The second-order valence-electron chi connectivity index (χ2n) is 5.39. The van der Waals surface area contributed by atoms with Gasteiger partial charge >= 0.3 is 0 Å². The molecule has 2 aliphatic rings. The lowest BCUT2D eigenvalue weighted by atomic mass is 9.95. The van der Waals surface area contributed by atoms with Crippen molar-refractivity contribution in [2.24, 2.45) is 5.92 Å². The Morgan fingerprint density at radius 3 is 2.59 bits per heavy atom. The van der Waals surface area contributed by atoms with E-state index < -0.39 is 5.54 Å². The van der Waals surface area contributed by atoms with Crippen LogP contribution in [0, 0.1) is 5.92 Å². The SMILES string of the molecule is CSCCN1C(=O)C(C)(C)NC(=O)C1C1CC1. The number of hydrogen-bond acceptors (Lipinski definition) is 3. The van der Waals surface area contributed by atoms with Gasteiger partial charge in [-0.2, -0.15) is 11.8 Å². The highest BCUT2D eigenvalue weighted by Gasteiger charge is 2.50. The minimum absolute atomic E-state index is 0.0261. The smallest absolute Gasteiger partial charge is 0.248 e. The summed E-state index contributed by atoms with van der Waals surface area (Å²) in [6.07, 6.45) is 4.16. The highest BCUT2D eigenvalue weighted by Crippen LogP contribution is 2.38. The summed E-state index contributed by atoms with van der Waals surface area (Å²) in [6, 6.07) is -0.220. The molecule has 1 saturated heterocycles. The maximum Gasteiger partial charge on any atom is 0.248 e. The van der Waals surface area contributed by atoms with Crippen LogP contribution in [0.2, 0.25) is 0 Å². The third-order valence-corrected chi connectivity index (χ3v) is 4.03. The minimum atomic E-state index is -0.749. The lowest BCUT2D eigenvalue weighted by molar-refractivity contribution is -0.154. The minimum Gasteiger partial charge on any atom is -0.340 e. The number of carbonyl (C=O) groups excluding carboxylic acids is 2. The second-order valence-corrected chi connectivity index (χ2v) is 6.37. The maximum atomic E-state index is 12.3. The van der Waals surface area contributed by atoms with Gasteiger partial charge in [-0.05, 0) is 38.9 Å². The zero-order valence-electron chi connectivity index (χ0n) is 10.7. The number of nitrogens with zero attached hydrogens (tertiary/aromatic N) is 1. The molecule has 0 aromatic carbocycles. The Bertz CT molecular complexity index is 339. The van der Waals surface area contributed by atoms with E-state index in [2.05, 4.69) is 5.32 Å². The molecular formula is C12H20N2O2S. The van der Waals surface area contributed by atoms with Gasteiger partial charge in [0.2, 0.25) is 11.8 Å². The largest absolute Gasteiger partial charge is 0.340 e. The van der Waals surface area contributed by atoms with Crippen LogP contribution >= 0.6 is 11.8 Å². The van der Waals surface area contributed by atoms with Gasteiger partial charge in [-0.25, -0.2) is 0 Å². The Hall–Kier alpha value is -0.710. The Balaban J connectivity index is 2.18. The monoisotopic (exact) mass is 256 g/mol. The van der Waals surface area contributed by atoms with E-state index in [9.17, 15) is 9.59 Å². The molecule has 0 aromatic rings. The summed E-state index contributed by atoms with van der Waals surface area (Å²) >= 11 is 1.71. The van der Waals surface area contributed by atoms with Crippen LogP contribution in [-0.4, -0.2) is 46.8 Å². The molecule has 96 valence electrons. The van der Waals surface area contributed by atoms with Crippen LogP contribution < -0.4 is 5.32 Å². The number of thioether (sulfide) groups is 1. The third-order valence-electron chi connectivity index (χ3n) is 3.44. The van der Waals surface area contributed by atoms with Crippen molar-refractivity contribution in [1.82, 2.24) is 10.2 Å². The average Bonchev–Trinajstić information content (AvgIpc) is 3.04. The number of nitrogens with one attached hydrogen (secondary N) is 1. The van der Waals surface area contributed by atoms with Gasteiger partial charge in [-0.3, -0.25) is 9.59 Å². The van der Waals surface area contributed by atoms with E-state index in [1.807, 2.05) is 6.26 Å². The summed E-state index contributed by atoms with van der Waals surface area (Å²) in [6.45, 7) is 4.24. The number of rotatable bonds is 4. The van der Waals surface area contributed by atoms with Gasteiger partial charge in [0.25, 0.3) is 0 Å². The van der Waals surface area contributed by atoms with E-state index in [1.165, 1.54) is 0 Å². The summed E-state index contributed by atoms with van der Waals surface area (Å²) < 4.78 is 0. The number of amides is 2. The summed E-state index contributed by atoms with van der Waals surface area (Å²) in [4.78, 5) is 26.2. The van der Waals surface area contributed by atoms with Gasteiger partial charge < -0.3 is 10.2 Å². The van der Waals surface area contributed by atoms with Crippen molar-refractivity contribution >= 4 is 23.6 Å². The Labute approximate surface area is 106 Å². The lowest BCUT2D eigenvalue weighted by Gasteiger charge is -2.43. The fraction of sp³-hybridized carbons (Fsp3) is 0.833. The quantitative estimate of drug-likeness (QED) is 0.812. The van der Waals surface area contributed by atoms with Gasteiger partial charge in [0, 0.05) is 12.3 Å². The van der Waals surface area contributed by atoms with Crippen molar-refractivity contribution in [1.29, 1.82) is 0 Å². The van der Waals surface area contributed by atoms with Gasteiger partial charge in [0.1, 0.15) is 11.6 Å². The van der Waals surface area contributed by atoms with Crippen molar-refractivity contribution in [3.63, 3.8) is 0 Å². The first kappa shape index (κ1) is 12.7. The second kappa shape index (κ2) is 4.52. The Morgan fingerprint density at radius 2 is 2.06 bits per heavy atom. The first-order chi connectivity index (χ1) is 7.97. The molecule has 2 amide bonds. The fourth-order valence-corrected chi connectivity index (χ4v) is 2.75. The van der Waals surface area contributed by atoms with Gasteiger partial charge in [0.15, 0.2) is 0 Å². The van der Waals surface area contributed by atoms with Crippen molar-refractivity contribution in [2.45, 2.75) is 38.3 Å². The Morgan fingerprint density at radius 1 is 1.41 bits per heavy atom. The molecule has 2 rings (SSSR count). The molecular weight excluding hydrogens is 236 g/mol. The summed E-state index contributed by atoms with van der Waals surface area (Å²) in [7, 11) is 0. The zero-order chi connectivity index (χ0) is 12.6. The van der Waals surface area contributed by atoms with Gasteiger partial charge in [-0.1, -0.05) is 0 Å². The molecule has 17 heavy (non-hydrogen) atoms.